The highest BCUT2D eigenvalue weighted by Crippen LogP contribution is 2.29. The van der Waals surface area contributed by atoms with E-state index in [1.807, 2.05) is 11.6 Å². The number of pyridine rings is 1. The lowest BCUT2D eigenvalue weighted by Gasteiger charge is -2.27. The molecule has 0 bridgehead atoms. The molecular formula is C21H28N4OS. The molecular weight excluding hydrogens is 356 g/mol. The van der Waals surface area contributed by atoms with Gasteiger partial charge in [0.2, 0.25) is 0 Å². The first kappa shape index (κ1) is 18.6. The van der Waals surface area contributed by atoms with Gasteiger partial charge in [0.15, 0.2) is 0 Å². The summed E-state index contributed by atoms with van der Waals surface area (Å²) >= 11 is 1.72. The maximum atomic E-state index is 12.6. The molecule has 4 heterocycles. The number of amides is 1. The van der Waals surface area contributed by atoms with E-state index in [9.17, 15) is 4.79 Å². The largest absolute Gasteiger partial charge is 0.350 e. The van der Waals surface area contributed by atoms with Crippen molar-refractivity contribution >= 4 is 17.2 Å². The van der Waals surface area contributed by atoms with Gasteiger partial charge < -0.3 is 10.6 Å². The average molecular weight is 385 g/mol. The van der Waals surface area contributed by atoms with Crippen molar-refractivity contribution in [3.63, 3.8) is 0 Å². The quantitative estimate of drug-likeness (QED) is 0.804. The van der Waals surface area contributed by atoms with E-state index in [1.54, 1.807) is 11.3 Å². The summed E-state index contributed by atoms with van der Waals surface area (Å²) in [5.74, 6) is 0.0893. The van der Waals surface area contributed by atoms with Crippen LogP contribution < -0.4 is 10.6 Å². The third-order valence-corrected chi connectivity index (χ3v) is 6.64. The van der Waals surface area contributed by atoms with Gasteiger partial charge in [0.05, 0.1) is 11.3 Å². The molecule has 1 fully saturated rings. The Bertz CT molecular complexity index is 780. The second-order valence-corrected chi connectivity index (χ2v) is 8.49. The molecule has 2 aromatic heterocycles. The van der Waals surface area contributed by atoms with Crippen LogP contribution in [-0.2, 0) is 25.9 Å². The summed E-state index contributed by atoms with van der Waals surface area (Å²) < 4.78 is 0. The predicted octanol–water partition coefficient (Wildman–Crippen LogP) is 2.75. The number of aryl methyl sites for hydroxylation is 1. The first-order valence-corrected chi connectivity index (χ1v) is 10.9. The van der Waals surface area contributed by atoms with Crippen molar-refractivity contribution in [2.24, 2.45) is 0 Å². The van der Waals surface area contributed by atoms with Crippen LogP contribution in [0.4, 0.5) is 0 Å². The number of carbonyl (C=O) groups excluding carboxylic acids is 1. The Labute approximate surface area is 165 Å². The van der Waals surface area contributed by atoms with Crippen molar-refractivity contribution in [1.82, 2.24) is 20.5 Å². The lowest BCUT2D eigenvalue weighted by Crippen LogP contribution is -2.37. The minimum atomic E-state index is 0.0893. The second kappa shape index (κ2) is 8.50. The SMILES string of the molecule is CCc1ccc(CN2CCc3c(C(=O)NC[C@@H]4CCCN4)csc3C2)nc1. The Balaban J connectivity index is 1.35. The van der Waals surface area contributed by atoms with Gasteiger partial charge in [-0.25, -0.2) is 0 Å². The van der Waals surface area contributed by atoms with Crippen molar-refractivity contribution < 1.29 is 4.79 Å². The zero-order chi connectivity index (χ0) is 18.6. The van der Waals surface area contributed by atoms with E-state index in [4.69, 9.17) is 0 Å². The summed E-state index contributed by atoms with van der Waals surface area (Å²) in [6.45, 7) is 6.71. The number of hydrogen-bond acceptors (Lipinski definition) is 5. The molecule has 6 heteroatoms. The molecule has 5 nitrogen and oxygen atoms in total. The molecule has 0 aromatic carbocycles. The molecule has 0 aliphatic carbocycles. The Morgan fingerprint density at radius 1 is 1.44 bits per heavy atom. The standard InChI is InChI=1S/C21H28N4OS/c1-2-15-5-6-17(23-10-15)12-25-9-7-18-19(14-27-20(18)13-25)21(26)24-11-16-4-3-8-22-16/h5-6,10,14,16,22H,2-4,7-9,11-13H2,1H3,(H,24,26)/t16-/m0/s1. The third-order valence-electron chi connectivity index (χ3n) is 5.62. The highest BCUT2D eigenvalue weighted by molar-refractivity contribution is 7.10. The van der Waals surface area contributed by atoms with Crippen molar-refractivity contribution in [2.45, 2.75) is 51.7 Å². The zero-order valence-electron chi connectivity index (χ0n) is 16.0. The van der Waals surface area contributed by atoms with Gasteiger partial charge in [-0.1, -0.05) is 13.0 Å². The second-order valence-electron chi connectivity index (χ2n) is 7.53. The van der Waals surface area contributed by atoms with E-state index in [0.29, 0.717) is 6.04 Å². The van der Waals surface area contributed by atoms with Gasteiger partial charge in [-0.05, 0) is 49.4 Å². The van der Waals surface area contributed by atoms with Gasteiger partial charge >= 0.3 is 0 Å². The van der Waals surface area contributed by atoms with Crippen molar-refractivity contribution in [2.75, 3.05) is 19.6 Å². The van der Waals surface area contributed by atoms with Crippen molar-refractivity contribution in [1.29, 1.82) is 0 Å². The minimum Gasteiger partial charge on any atom is -0.350 e. The number of aromatic nitrogens is 1. The fourth-order valence-electron chi connectivity index (χ4n) is 3.94. The Morgan fingerprint density at radius 3 is 3.11 bits per heavy atom. The van der Waals surface area contributed by atoms with Gasteiger partial charge in [0.25, 0.3) is 5.91 Å². The Morgan fingerprint density at radius 2 is 2.37 bits per heavy atom. The van der Waals surface area contributed by atoms with Crippen LogP contribution in [0.25, 0.3) is 0 Å². The van der Waals surface area contributed by atoms with E-state index in [0.717, 1.165) is 63.2 Å². The summed E-state index contributed by atoms with van der Waals surface area (Å²) in [6, 6.07) is 4.74. The average Bonchev–Trinajstić information content (AvgIpc) is 3.36. The van der Waals surface area contributed by atoms with Gasteiger partial charge in [0.1, 0.15) is 0 Å². The number of rotatable bonds is 6. The first-order valence-electron chi connectivity index (χ1n) is 10.00. The Hall–Kier alpha value is -1.76. The van der Waals surface area contributed by atoms with Crippen LogP contribution in [0.2, 0.25) is 0 Å². The smallest absolute Gasteiger partial charge is 0.252 e. The highest BCUT2D eigenvalue weighted by Gasteiger charge is 2.24. The molecule has 4 rings (SSSR count). The number of thiophene rings is 1. The first-order chi connectivity index (χ1) is 13.2. The molecule has 0 unspecified atom stereocenters. The van der Waals surface area contributed by atoms with Gasteiger partial charge in [-0.2, -0.15) is 0 Å². The van der Waals surface area contributed by atoms with Crippen LogP contribution in [-0.4, -0.2) is 41.5 Å². The number of carbonyl (C=O) groups is 1. The fraction of sp³-hybridized carbons (Fsp3) is 0.524. The summed E-state index contributed by atoms with van der Waals surface area (Å²) in [5, 5.41) is 8.59. The van der Waals surface area contributed by atoms with E-state index in [1.165, 1.54) is 22.4 Å². The van der Waals surface area contributed by atoms with Crippen LogP contribution in [0.5, 0.6) is 0 Å². The maximum Gasteiger partial charge on any atom is 0.252 e. The molecule has 1 atom stereocenters. The molecule has 27 heavy (non-hydrogen) atoms. The van der Waals surface area contributed by atoms with Crippen LogP contribution in [0, 0.1) is 0 Å². The van der Waals surface area contributed by atoms with E-state index in [2.05, 4.69) is 39.6 Å². The molecule has 2 aliphatic rings. The topological polar surface area (TPSA) is 57.3 Å². The monoisotopic (exact) mass is 384 g/mol. The number of nitrogens with zero attached hydrogens (tertiary/aromatic N) is 2. The molecule has 1 saturated heterocycles. The maximum absolute atomic E-state index is 12.6. The van der Waals surface area contributed by atoms with Crippen LogP contribution in [0.15, 0.2) is 23.7 Å². The number of nitrogens with one attached hydrogen (secondary N) is 2. The molecule has 1 amide bonds. The van der Waals surface area contributed by atoms with Gasteiger partial charge in [-0.3, -0.25) is 14.7 Å². The molecule has 2 N–H and O–H groups in total. The molecule has 0 radical (unpaired) electrons. The molecule has 144 valence electrons. The lowest BCUT2D eigenvalue weighted by molar-refractivity contribution is 0.0949. The molecule has 0 saturated carbocycles. The Kier molecular flexibility index (Phi) is 5.86. The fourth-order valence-corrected chi connectivity index (χ4v) is 5.06. The van der Waals surface area contributed by atoms with E-state index >= 15 is 0 Å². The highest BCUT2D eigenvalue weighted by atomic mass is 32.1. The van der Waals surface area contributed by atoms with Gasteiger partial charge in [-0.15, -0.1) is 11.3 Å². The van der Waals surface area contributed by atoms with Crippen LogP contribution >= 0.6 is 11.3 Å². The summed E-state index contributed by atoms with van der Waals surface area (Å²) in [7, 11) is 0. The normalized spacial score (nSPS) is 19.8. The third kappa shape index (κ3) is 4.39. The van der Waals surface area contributed by atoms with Crippen LogP contribution in [0.1, 0.15) is 51.8 Å². The van der Waals surface area contributed by atoms with E-state index < -0.39 is 0 Å². The van der Waals surface area contributed by atoms with E-state index in [-0.39, 0.29) is 5.91 Å². The van der Waals surface area contributed by atoms with Crippen molar-refractivity contribution in [3.8, 4) is 0 Å². The number of hydrogen-bond donors (Lipinski definition) is 2. The van der Waals surface area contributed by atoms with Gasteiger partial charge in [0, 0.05) is 48.7 Å². The van der Waals surface area contributed by atoms with Crippen LogP contribution in [0.3, 0.4) is 0 Å². The molecule has 2 aliphatic heterocycles. The van der Waals surface area contributed by atoms with Crippen molar-refractivity contribution in [3.05, 3.63) is 51.0 Å². The predicted molar refractivity (Wildman–Crippen MR) is 109 cm³/mol. The molecule has 0 spiro atoms. The summed E-state index contributed by atoms with van der Waals surface area (Å²) in [6.07, 6.45) is 6.31. The minimum absolute atomic E-state index is 0.0893. The lowest BCUT2D eigenvalue weighted by atomic mass is 10.0. The summed E-state index contributed by atoms with van der Waals surface area (Å²) in [4.78, 5) is 21.0. The number of fused-ring (bicyclic) bond motifs is 1. The molecule has 2 aromatic rings. The zero-order valence-corrected chi connectivity index (χ0v) is 16.8. The summed E-state index contributed by atoms with van der Waals surface area (Å²) in [5.41, 5.74) is 4.54.